The maximum Gasteiger partial charge on any atom is 0.254 e. The van der Waals surface area contributed by atoms with Gasteiger partial charge in [0.2, 0.25) is 0 Å². The fourth-order valence-corrected chi connectivity index (χ4v) is 3.93. The minimum absolute atomic E-state index is 0.148. The van der Waals surface area contributed by atoms with Crippen LogP contribution in [0.2, 0.25) is 0 Å². The van der Waals surface area contributed by atoms with Crippen molar-refractivity contribution in [1.29, 1.82) is 0 Å². The van der Waals surface area contributed by atoms with Crippen molar-refractivity contribution < 1.29 is 14.3 Å². The van der Waals surface area contributed by atoms with Crippen LogP contribution in [0.1, 0.15) is 35.7 Å². The molecule has 0 saturated carbocycles. The fraction of sp³-hybridized carbons (Fsp3) is 0.667. The number of likely N-dealkylation sites (tertiary alicyclic amines) is 1. The van der Waals surface area contributed by atoms with Gasteiger partial charge in [0.05, 0.1) is 18.8 Å². The summed E-state index contributed by atoms with van der Waals surface area (Å²) in [5.74, 6) is -0.0977. The Labute approximate surface area is 123 Å². The molecule has 1 unspecified atom stereocenters. The van der Waals surface area contributed by atoms with E-state index in [4.69, 9.17) is 9.47 Å². The summed E-state index contributed by atoms with van der Waals surface area (Å²) in [6.45, 7) is 6.88. The van der Waals surface area contributed by atoms with Gasteiger partial charge in [-0.05, 0) is 37.6 Å². The first kappa shape index (κ1) is 14.0. The predicted molar refractivity (Wildman–Crippen MR) is 78.0 cm³/mol. The van der Waals surface area contributed by atoms with E-state index in [1.54, 1.807) is 11.3 Å². The smallest absolute Gasteiger partial charge is 0.254 e. The number of nitrogens with zero attached hydrogens (tertiary/aromatic N) is 1. The topological polar surface area (TPSA) is 38.8 Å². The van der Waals surface area contributed by atoms with Crippen LogP contribution >= 0.6 is 11.3 Å². The summed E-state index contributed by atoms with van der Waals surface area (Å²) in [6.07, 6.45) is 2.07. The first-order chi connectivity index (χ1) is 9.60. The predicted octanol–water partition coefficient (Wildman–Crippen LogP) is 2.67. The van der Waals surface area contributed by atoms with E-state index in [-0.39, 0.29) is 11.8 Å². The molecule has 1 aromatic rings. The van der Waals surface area contributed by atoms with Gasteiger partial charge in [0.25, 0.3) is 5.91 Å². The van der Waals surface area contributed by atoms with Gasteiger partial charge >= 0.3 is 0 Å². The highest BCUT2D eigenvalue weighted by atomic mass is 32.1. The van der Waals surface area contributed by atoms with Crippen LogP contribution in [0, 0.1) is 12.8 Å². The van der Waals surface area contributed by atoms with Crippen LogP contribution in [-0.4, -0.2) is 42.9 Å². The molecule has 0 bridgehead atoms. The second kappa shape index (κ2) is 5.47. The Morgan fingerprint density at radius 3 is 2.80 bits per heavy atom. The number of rotatable bonds is 2. The molecule has 20 heavy (non-hydrogen) atoms. The number of thiophene rings is 1. The SMILES string of the molecule is Cc1cscc1C(=O)N1CCCC(C2(C)OCCO2)C1. The van der Waals surface area contributed by atoms with E-state index in [0.717, 1.165) is 37.1 Å². The average Bonchev–Trinajstić information content (AvgIpc) is 3.08. The van der Waals surface area contributed by atoms with Crippen LogP contribution in [0.25, 0.3) is 0 Å². The van der Waals surface area contributed by atoms with Crippen molar-refractivity contribution in [3.63, 3.8) is 0 Å². The number of piperidine rings is 1. The second-order valence-corrected chi connectivity index (χ2v) is 6.52. The molecule has 1 amide bonds. The van der Waals surface area contributed by atoms with Crippen LogP contribution in [0.5, 0.6) is 0 Å². The first-order valence-corrected chi connectivity index (χ1v) is 8.14. The molecule has 2 fully saturated rings. The van der Waals surface area contributed by atoms with Gasteiger partial charge in [-0.15, -0.1) is 0 Å². The Kier molecular flexibility index (Phi) is 3.84. The van der Waals surface area contributed by atoms with Crippen molar-refractivity contribution in [3.8, 4) is 0 Å². The minimum Gasteiger partial charge on any atom is -0.347 e. The highest BCUT2D eigenvalue weighted by Gasteiger charge is 2.42. The van der Waals surface area contributed by atoms with Crippen LogP contribution in [-0.2, 0) is 9.47 Å². The number of carbonyl (C=O) groups is 1. The van der Waals surface area contributed by atoms with E-state index in [9.17, 15) is 4.79 Å². The molecule has 2 saturated heterocycles. The molecule has 2 aliphatic heterocycles. The summed E-state index contributed by atoms with van der Waals surface area (Å²) >= 11 is 1.59. The Bertz CT molecular complexity index is 493. The van der Waals surface area contributed by atoms with Gasteiger partial charge in [-0.1, -0.05) is 0 Å². The van der Waals surface area contributed by atoms with Crippen molar-refractivity contribution in [2.75, 3.05) is 26.3 Å². The van der Waals surface area contributed by atoms with E-state index >= 15 is 0 Å². The number of hydrogen-bond acceptors (Lipinski definition) is 4. The van der Waals surface area contributed by atoms with E-state index < -0.39 is 5.79 Å². The van der Waals surface area contributed by atoms with Crippen LogP contribution < -0.4 is 0 Å². The van der Waals surface area contributed by atoms with Gasteiger partial charge in [-0.3, -0.25) is 4.79 Å². The highest BCUT2D eigenvalue weighted by Crippen LogP contribution is 2.34. The number of hydrogen-bond donors (Lipinski definition) is 0. The average molecular weight is 295 g/mol. The van der Waals surface area contributed by atoms with E-state index in [0.29, 0.717) is 13.2 Å². The largest absolute Gasteiger partial charge is 0.347 e. The zero-order chi connectivity index (χ0) is 14.2. The number of ether oxygens (including phenoxy) is 2. The molecule has 0 N–H and O–H groups in total. The lowest BCUT2D eigenvalue weighted by Gasteiger charge is -2.39. The summed E-state index contributed by atoms with van der Waals surface area (Å²) in [5, 5.41) is 3.98. The molecule has 2 aliphatic rings. The number of aryl methyl sites for hydroxylation is 1. The molecule has 110 valence electrons. The standard InChI is InChI=1S/C15H21NO3S/c1-11-9-20-10-13(11)14(17)16-5-3-4-12(8-16)15(2)18-6-7-19-15/h9-10,12H,3-8H2,1-2H3. The number of carbonyl (C=O) groups excluding carboxylic acids is 1. The van der Waals surface area contributed by atoms with E-state index in [2.05, 4.69) is 0 Å². The molecule has 1 aromatic heterocycles. The number of amides is 1. The zero-order valence-corrected chi connectivity index (χ0v) is 12.9. The van der Waals surface area contributed by atoms with Gasteiger partial charge in [0.15, 0.2) is 5.79 Å². The third-order valence-electron chi connectivity index (χ3n) is 4.40. The molecule has 3 heterocycles. The minimum atomic E-state index is -0.511. The van der Waals surface area contributed by atoms with Crippen molar-refractivity contribution in [3.05, 3.63) is 21.9 Å². The molecule has 3 rings (SSSR count). The van der Waals surface area contributed by atoms with Crippen LogP contribution in [0.15, 0.2) is 10.8 Å². The normalized spacial score (nSPS) is 25.9. The molecule has 5 heteroatoms. The van der Waals surface area contributed by atoms with Crippen LogP contribution in [0.4, 0.5) is 0 Å². The molecule has 0 spiro atoms. The van der Waals surface area contributed by atoms with Crippen molar-refractivity contribution in [1.82, 2.24) is 4.90 Å². The summed E-state index contributed by atoms with van der Waals surface area (Å²) < 4.78 is 11.5. The second-order valence-electron chi connectivity index (χ2n) is 5.77. The lowest BCUT2D eigenvalue weighted by atomic mass is 9.90. The van der Waals surface area contributed by atoms with E-state index in [1.165, 1.54) is 0 Å². The Hall–Kier alpha value is -0.910. The monoisotopic (exact) mass is 295 g/mol. The fourth-order valence-electron chi connectivity index (χ4n) is 3.11. The Balaban J connectivity index is 1.72. The molecule has 0 aromatic carbocycles. The Morgan fingerprint density at radius 1 is 1.40 bits per heavy atom. The molecule has 0 radical (unpaired) electrons. The first-order valence-electron chi connectivity index (χ1n) is 7.20. The summed E-state index contributed by atoms with van der Waals surface area (Å²) in [5.41, 5.74) is 1.91. The van der Waals surface area contributed by atoms with Crippen molar-refractivity contribution in [2.45, 2.75) is 32.5 Å². The van der Waals surface area contributed by atoms with Crippen molar-refractivity contribution >= 4 is 17.2 Å². The molecule has 0 aliphatic carbocycles. The third-order valence-corrected chi connectivity index (χ3v) is 5.26. The Morgan fingerprint density at radius 2 is 2.15 bits per heavy atom. The van der Waals surface area contributed by atoms with Gasteiger partial charge in [0, 0.05) is 24.4 Å². The quantitative estimate of drug-likeness (QED) is 0.842. The maximum absolute atomic E-state index is 12.6. The molecule has 4 nitrogen and oxygen atoms in total. The molecule has 1 atom stereocenters. The molecular weight excluding hydrogens is 274 g/mol. The summed E-state index contributed by atoms with van der Waals surface area (Å²) in [6, 6.07) is 0. The molecular formula is C15H21NO3S. The van der Waals surface area contributed by atoms with Crippen molar-refractivity contribution in [2.24, 2.45) is 5.92 Å². The van der Waals surface area contributed by atoms with Gasteiger partial charge < -0.3 is 14.4 Å². The lowest BCUT2D eigenvalue weighted by molar-refractivity contribution is -0.189. The third kappa shape index (κ3) is 2.50. The lowest BCUT2D eigenvalue weighted by Crippen LogP contribution is -2.48. The highest BCUT2D eigenvalue weighted by molar-refractivity contribution is 7.08. The van der Waals surface area contributed by atoms with Crippen LogP contribution in [0.3, 0.4) is 0 Å². The van der Waals surface area contributed by atoms with Gasteiger partial charge in [-0.25, -0.2) is 0 Å². The van der Waals surface area contributed by atoms with E-state index in [1.807, 2.05) is 29.5 Å². The van der Waals surface area contributed by atoms with Gasteiger partial charge in [-0.2, -0.15) is 11.3 Å². The zero-order valence-electron chi connectivity index (χ0n) is 12.1. The maximum atomic E-state index is 12.6. The summed E-state index contributed by atoms with van der Waals surface area (Å²) in [4.78, 5) is 14.6. The van der Waals surface area contributed by atoms with Gasteiger partial charge in [0.1, 0.15) is 0 Å². The summed E-state index contributed by atoms with van der Waals surface area (Å²) in [7, 11) is 0.